The summed E-state index contributed by atoms with van der Waals surface area (Å²) in [6, 6.07) is 1.38. The van der Waals surface area contributed by atoms with E-state index in [2.05, 4.69) is 10.1 Å². The van der Waals surface area contributed by atoms with E-state index in [0.29, 0.717) is 15.8 Å². The van der Waals surface area contributed by atoms with Crippen molar-refractivity contribution >= 4 is 27.4 Å². The zero-order valence-corrected chi connectivity index (χ0v) is 10.1. The van der Waals surface area contributed by atoms with Gasteiger partial charge in [-0.1, -0.05) is 11.3 Å². The van der Waals surface area contributed by atoms with E-state index < -0.39 is 5.97 Å². The molecule has 17 heavy (non-hydrogen) atoms. The van der Waals surface area contributed by atoms with Crippen LogP contribution in [0.15, 0.2) is 10.9 Å². The minimum atomic E-state index is -0.955. The number of nitrogens with zero attached hydrogens (tertiary/aromatic N) is 4. The molecule has 0 amide bonds. The van der Waals surface area contributed by atoms with Crippen LogP contribution in [0, 0.1) is 6.92 Å². The number of aromatic nitrogens is 3. The highest BCUT2D eigenvalue weighted by molar-refractivity contribution is 7.20. The van der Waals surface area contributed by atoms with Gasteiger partial charge in [0, 0.05) is 18.8 Å². The van der Waals surface area contributed by atoms with E-state index >= 15 is 0 Å². The Kier molecular flexibility index (Phi) is 2.80. The van der Waals surface area contributed by atoms with Gasteiger partial charge in [0.2, 0.25) is 10.1 Å². The van der Waals surface area contributed by atoms with E-state index in [1.165, 1.54) is 26.8 Å². The van der Waals surface area contributed by atoms with E-state index in [-0.39, 0.29) is 12.1 Å². The number of aryl methyl sites for hydroxylation is 1. The number of carboxylic acid groups (broad SMARTS) is 1. The Hall–Kier alpha value is -1.96. The van der Waals surface area contributed by atoms with Crippen LogP contribution < -0.4 is 10.5 Å². The molecule has 8 heteroatoms. The zero-order valence-electron chi connectivity index (χ0n) is 9.25. The van der Waals surface area contributed by atoms with Crippen molar-refractivity contribution in [3.63, 3.8) is 0 Å². The van der Waals surface area contributed by atoms with Crippen molar-refractivity contribution in [1.29, 1.82) is 0 Å². The van der Waals surface area contributed by atoms with Crippen LogP contribution in [-0.4, -0.2) is 39.3 Å². The fraction of sp³-hybridized carbons (Fsp3) is 0.333. The molecule has 0 atom stereocenters. The molecule has 0 radical (unpaired) electrons. The highest BCUT2D eigenvalue weighted by Crippen LogP contribution is 2.19. The van der Waals surface area contributed by atoms with Gasteiger partial charge in [0.05, 0.1) is 0 Å². The lowest BCUT2D eigenvalue weighted by atomic mass is 10.5. The number of anilines is 1. The summed E-state index contributed by atoms with van der Waals surface area (Å²) in [7, 11) is 1.60. The van der Waals surface area contributed by atoms with Gasteiger partial charge < -0.3 is 10.0 Å². The van der Waals surface area contributed by atoms with Crippen molar-refractivity contribution in [1.82, 2.24) is 14.6 Å². The number of fused-ring (bicyclic) bond motifs is 1. The number of carboxylic acids is 1. The first-order valence-corrected chi connectivity index (χ1v) is 5.59. The third-order valence-electron chi connectivity index (χ3n) is 2.06. The molecule has 0 saturated carbocycles. The molecule has 2 aromatic rings. The predicted molar refractivity (Wildman–Crippen MR) is 62.8 cm³/mol. The summed E-state index contributed by atoms with van der Waals surface area (Å²) in [5.41, 5.74) is 0.352. The van der Waals surface area contributed by atoms with Gasteiger partial charge in [-0.2, -0.15) is 4.52 Å². The Bertz CT molecular complexity index is 633. The Morgan fingerprint density at radius 3 is 3.00 bits per heavy atom. The van der Waals surface area contributed by atoms with Crippen LogP contribution >= 0.6 is 11.3 Å². The molecule has 0 unspecified atom stereocenters. The zero-order chi connectivity index (χ0) is 12.6. The summed E-state index contributed by atoms with van der Waals surface area (Å²) in [5, 5.41) is 13.1. The monoisotopic (exact) mass is 254 g/mol. The standard InChI is InChI=1S/C9H10N4O3S/c1-5-3-6(14)13-8(10-5)17-9(11-13)12(2)4-7(15)16/h3H,4H2,1-2H3,(H,15,16). The minimum absolute atomic E-state index is 0.173. The first kappa shape index (κ1) is 11.5. The highest BCUT2D eigenvalue weighted by atomic mass is 32.1. The highest BCUT2D eigenvalue weighted by Gasteiger charge is 2.13. The van der Waals surface area contributed by atoms with Gasteiger partial charge in [0.15, 0.2) is 0 Å². The van der Waals surface area contributed by atoms with E-state index in [1.54, 1.807) is 14.0 Å². The molecule has 0 bridgehead atoms. The lowest BCUT2D eigenvalue weighted by Crippen LogP contribution is -2.25. The van der Waals surface area contributed by atoms with Crippen LogP contribution in [0.25, 0.3) is 4.96 Å². The summed E-state index contributed by atoms with van der Waals surface area (Å²) in [5.74, 6) is -0.955. The van der Waals surface area contributed by atoms with E-state index in [4.69, 9.17) is 5.11 Å². The van der Waals surface area contributed by atoms with E-state index in [1.807, 2.05) is 0 Å². The molecule has 0 spiro atoms. The van der Waals surface area contributed by atoms with Crippen LogP contribution in [0.3, 0.4) is 0 Å². The second-order valence-corrected chi connectivity index (χ2v) is 4.50. The summed E-state index contributed by atoms with van der Waals surface area (Å²) in [4.78, 5) is 28.2. The maximum Gasteiger partial charge on any atom is 0.323 e. The molecule has 2 aromatic heterocycles. The van der Waals surface area contributed by atoms with Crippen molar-refractivity contribution < 1.29 is 9.90 Å². The largest absolute Gasteiger partial charge is 0.480 e. The van der Waals surface area contributed by atoms with Crippen molar-refractivity contribution in [2.24, 2.45) is 0 Å². The second kappa shape index (κ2) is 4.13. The lowest BCUT2D eigenvalue weighted by molar-refractivity contribution is -0.135. The van der Waals surface area contributed by atoms with Crippen LogP contribution in [-0.2, 0) is 4.79 Å². The lowest BCUT2D eigenvalue weighted by Gasteiger charge is -2.10. The normalized spacial score (nSPS) is 10.7. The van der Waals surface area contributed by atoms with Crippen molar-refractivity contribution in [2.75, 3.05) is 18.5 Å². The summed E-state index contributed by atoms with van der Waals surface area (Å²) in [6.07, 6.45) is 0. The molecular weight excluding hydrogens is 244 g/mol. The molecule has 7 nitrogen and oxygen atoms in total. The molecule has 0 aliphatic carbocycles. The maximum atomic E-state index is 11.6. The average molecular weight is 254 g/mol. The molecular formula is C9H10N4O3S. The molecule has 90 valence electrons. The minimum Gasteiger partial charge on any atom is -0.480 e. The van der Waals surface area contributed by atoms with Crippen LogP contribution in [0.1, 0.15) is 5.69 Å². The first-order chi connectivity index (χ1) is 7.97. The molecule has 1 N–H and O–H groups in total. The number of hydrogen-bond acceptors (Lipinski definition) is 6. The molecule has 0 aliphatic rings. The van der Waals surface area contributed by atoms with Gasteiger partial charge in [0.1, 0.15) is 6.54 Å². The summed E-state index contributed by atoms with van der Waals surface area (Å²) < 4.78 is 1.17. The Morgan fingerprint density at radius 2 is 2.35 bits per heavy atom. The molecule has 0 fully saturated rings. The van der Waals surface area contributed by atoms with Gasteiger partial charge in [-0.05, 0) is 6.92 Å². The first-order valence-electron chi connectivity index (χ1n) is 4.78. The number of rotatable bonds is 3. The Balaban J connectivity index is 2.48. The van der Waals surface area contributed by atoms with Gasteiger partial charge in [-0.25, -0.2) is 4.98 Å². The predicted octanol–water partition coefficient (Wildman–Crippen LogP) is -0.0198. The molecule has 2 rings (SSSR count). The fourth-order valence-electron chi connectivity index (χ4n) is 1.34. The van der Waals surface area contributed by atoms with Crippen LogP contribution in [0.5, 0.6) is 0 Å². The molecule has 0 saturated heterocycles. The molecule has 0 aromatic carbocycles. The third kappa shape index (κ3) is 2.26. The maximum absolute atomic E-state index is 11.6. The van der Waals surface area contributed by atoms with E-state index in [0.717, 1.165) is 0 Å². The van der Waals surface area contributed by atoms with E-state index in [9.17, 15) is 9.59 Å². The van der Waals surface area contributed by atoms with Gasteiger partial charge in [0.25, 0.3) is 5.56 Å². The van der Waals surface area contributed by atoms with Crippen molar-refractivity contribution in [2.45, 2.75) is 6.92 Å². The summed E-state index contributed by atoms with van der Waals surface area (Å²) in [6.45, 7) is 1.55. The van der Waals surface area contributed by atoms with Crippen LogP contribution in [0.4, 0.5) is 5.13 Å². The quantitative estimate of drug-likeness (QED) is 0.828. The number of hydrogen-bond donors (Lipinski definition) is 1. The Labute approximate surface area is 99.9 Å². The molecule has 0 aliphatic heterocycles. The summed E-state index contributed by atoms with van der Waals surface area (Å²) >= 11 is 1.18. The number of likely N-dealkylation sites (N-methyl/N-ethyl adjacent to an activating group) is 1. The third-order valence-corrected chi connectivity index (χ3v) is 3.08. The Morgan fingerprint density at radius 1 is 1.65 bits per heavy atom. The van der Waals surface area contributed by atoms with Crippen molar-refractivity contribution in [3.05, 3.63) is 22.1 Å². The molecule has 2 heterocycles. The fourth-order valence-corrected chi connectivity index (χ4v) is 2.25. The average Bonchev–Trinajstić information content (AvgIpc) is 2.60. The van der Waals surface area contributed by atoms with Crippen LogP contribution in [0.2, 0.25) is 0 Å². The van der Waals surface area contributed by atoms with Gasteiger partial charge >= 0.3 is 5.97 Å². The smallest absolute Gasteiger partial charge is 0.323 e. The van der Waals surface area contributed by atoms with Crippen molar-refractivity contribution in [3.8, 4) is 0 Å². The SMILES string of the molecule is Cc1cc(=O)n2nc(N(C)CC(=O)O)sc2n1. The topological polar surface area (TPSA) is 87.8 Å². The second-order valence-electron chi connectivity index (χ2n) is 3.56. The number of aliphatic carboxylic acids is 1. The number of carbonyl (C=O) groups is 1. The van der Waals surface area contributed by atoms with Gasteiger partial charge in [-0.15, -0.1) is 5.10 Å². The van der Waals surface area contributed by atoms with Gasteiger partial charge in [-0.3, -0.25) is 9.59 Å².